The van der Waals surface area contributed by atoms with Gasteiger partial charge in [0.05, 0.1) is 23.5 Å². The van der Waals surface area contributed by atoms with Gasteiger partial charge in [0.25, 0.3) is 0 Å². The summed E-state index contributed by atoms with van der Waals surface area (Å²) < 4.78 is 32.0. The molecule has 1 amide bonds. The zero-order valence-electron chi connectivity index (χ0n) is 18.4. The number of amides is 1. The number of hydrogen-bond donors (Lipinski definition) is 1. The number of ether oxygens (including phenoxy) is 1. The third kappa shape index (κ3) is 7.23. The molecule has 0 aliphatic heterocycles. The van der Waals surface area contributed by atoms with Crippen LogP contribution in [0, 0.1) is 0 Å². The summed E-state index contributed by atoms with van der Waals surface area (Å²) in [6.07, 6.45) is 1.76. The molecule has 0 aromatic heterocycles. The van der Waals surface area contributed by atoms with E-state index in [-0.39, 0.29) is 25.5 Å². The highest BCUT2D eigenvalue weighted by Gasteiger charge is 2.20. The van der Waals surface area contributed by atoms with Gasteiger partial charge < -0.3 is 10.1 Å². The molecule has 0 atom stereocenters. The molecule has 0 radical (unpaired) electrons. The molecule has 0 spiro atoms. The fourth-order valence-corrected chi connectivity index (χ4v) is 4.57. The number of carbonyl (C=O) groups excluding carboxylic acids is 1. The van der Waals surface area contributed by atoms with Crippen molar-refractivity contribution in [3.8, 4) is 16.9 Å². The minimum Gasteiger partial charge on any atom is -0.490 e. The first-order valence-electron chi connectivity index (χ1n) is 10.6. The van der Waals surface area contributed by atoms with Crippen LogP contribution in [0.4, 0.5) is 5.69 Å². The minimum atomic E-state index is -3.53. The molecule has 174 valence electrons. The van der Waals surface area contributed by atoms with Crippen molar-refractivity contribution in [3.63, 3.8) is 0 Å². The van der Waals surface area contributed by atoms with Gasteiger partial charge in [-0.3, -0.25) is 9.10 Å². The third-order valence-electron chi connectivity index (χ3n) is 4.94. The maximum atomic E-state index is 12.6. The van der Waals surface area contributed by atoms with Crippen molar-refractivity contribution in [2.75, 3.05) is 30.3 Å². The summed E-state index contributed by atoms with van der Waals surface area (Å²) in [5.41, 5.74) is 2.35. The highest BCUT2D eigenvalue weighted by Crippen LogP contribution is 2.32. The predicted octanol–water partition coefficient (Wildman–Crippen LogP) is 4.75. The Labute approximate surface area is 200 Å². The second-order valence-corrected chi connectivity index (χ2v) is 9.76. The van der Waals surface area contributed by atoms with Crippen molar-refractivity contribution in [2.45, 2.75) is 12.8 Å². The fraction of sp³-hybridized carbons (Fsp3) is 0.240. The number of anilines is 1. The SMILES string of the molecule is CS(=O)(=O)N(CCCC(=O)NCCOc1ccccc1Cl)c1ccccc1-c1ccccc1. The maximum absolute atomic E-state index is 12.6. The lowest BCUT2D eigenvalue weighted by Gasteiger charge is -2.25. The van der Waals surface area contributed by atoms with Crippen LogP contribution in [0.3, 0.4) is 0 Å². The van der Waals surface area contributed by atoms with Crippen LogP contribution in [-0.4, -0.2) is 40.3 Å². The number of hydrogen-bond acceptors (Lipinski definition) is 4. The van der Waals surface area contributed by atoms with E-state index in [2.05, 4.69) is 5.32 Å². The van der Waals surface area contributed by atoms with E-state index in [0.717, 1.165) is 11.1 Å². The average Bonchev–Trinajstić information content (AvgIpc) is 2.80. The quantitative estimate of drug-likeness (QED) is 0.397. The van der Waals surface area contributed by atoms with Crippen LogP contribution in [0.15, 0.2) is 78.9 Å². The number of rotatable bonds is 11. The summed E-state index contributed by atoms with van der Waals surface area (Å²) in [7, 11) is -3.53. The van der Waals surface area contributed by atoms with E-state index in [0.29, 0.717) is 29.4 Å². The van der Waals surface area contributed by atoms with E-state index in [1.54, 1.807) is 18.2 Å². The van der Waals surface area contributed by atoms with E-state index in [1.807, 2.05) is 60.7 Å². The number of carbonyl (C=O) groups is 1. The molecule has 0 aliphatic carbocycles. The van der Waals surface area contributed by atoms with Gasteiger partial charge in [-0.1, -0.05) is 72.3 Å². The minimum absolute atomic E-state index is 0.164. The third-order valence-corrected chi connectivity index (χ3v) is 6.43. The second-order valence-electron chi connectivity index (χ2n) is 7.45. The van der Waals surface area contributed by atoms with Gasteiger partial charge in [-0.05, 0) is 30.2 Å². The molecular weight excluding hydrogens is 460 g/mol. The van der Waals surface area contributed by atoms with E-state index < -0.39 is 10.0 Å². The van der Waals surface area contributed by atoms with Crippen LogP contribution in [0.5, 0.6) is 5.75 Å². The van der Waals surface area contributed by atoms with Gasteiger partial charge in [-0.25, -0.2) is 8.42 Å². The van der Waals surface area contributed by atoms with Gasteiger partial charge in [0.1, 0.15) is 12.4 Å². The first-order valence-corrected chi connectivity index (χ1v) is 12.8. The molecule has 3 aromatic rings. The summed E-state index contributed by atoms with van der Waals surface area (Å²) in [6, 6.07) is 24.1. The van der Waals surface area contributed by atoms with Gasteiger partial charge in [0.15, 0.2) is 0 Å². The van der Waals surface area contributed by atoms with Crippen LogP contribution in [0.2, 0.25) is 5.02 Å². The molecule has 0 heterocycles. The summed E-state index contributed by atoms with van der Waals surface area (Å²) in [4.78, 5) is 12.2. The fourth-order valence-electron chi connectivity index (χ4n) is 3.40. The van der Waals surface area contributed by atoms with Crippen molar-refractivity contribution < 1.29 is 17.9 Å². The zero-order valence-corrected chi connectivity index (χ0v) is 20.0. The molecule has 3 rings (SSSR count). The molecule has 33 heavy (non-hydrogen) atoms. The van der Waals surface area contributed by atoms with Crippen molar-refractivity contribution in [2.24, 2.45) is 0 Å². The summed E-state index contributed by atoms with van der Waals surface area (Å²) in [5, 5.41) is 3.30. The van der Waals surface area contributed by atoms with Crippen LogP contribution in [-0.2, 0) is 14.8 Å². The van der Waals surface area contributed by atoms with Gasteiger partial charge in [-0.2, -0.15) is 0 Å². The van der Waals surface area contributed by atoms with Crippen LogP contribution in [0.1, 0.15) is 12.8 Å². The predicted molar refractivity (Wildman–Crippen MR) is 133 cm³/mol. The molecule has 0 aliphatic rings. The molecule has 0 saturated carbocycles. The van der Waals surface area contributed by atoms with Gasteiger partial charge >= 0.3 is 0 Å². The molecule has 6 nitrogen and oxygen atoms in total. The highest BCUT2D eigenvalue weighted by molar-refractivity contribution is 7.92. The van der Waals surface area contributed by atoms with E-state index in [4.69, 9.17) is 16.3 Å². The van der Waals surface area contributed by atoms with Crippen LogP contribution in [0.25, 0.3) is 11.1 Å². The molecule has 0 unspecified atom stereocenters. The van der Waals surface area contributed by atoms with Crippen molar-refractivity contribution in [3.05, 3.63) is 83.9 Å². The summed E-state index contributed by atoms with van der Waals surface area (Å²) in [5.74, 6) is 0.400. The van der Waals surface area contributed by atoms with E-state index in [1.165, 1.54) is 10.6 Å². The number of para-hydroxylation sites is 2. The number of halogens is 1. The molecular formula is C25H27ClN2O4S. The van der Waals surface area contributed by atoms with Crippen LogP contribution >= 0.6 is 11.6 Å². The molecule has 0 saturated heterocycles. The molecule has 8 heteroatoms. The number of sulfonamides is 1. The van der Waals surface area contributed by atoms with Crippen molar-refractivity contribution in [1.82, 2.24) is 5.32 Å². The monoisotopic (exact) mass is 486 g/mol. The Kier molecular flexibility index (Phi) is 8.74. The Morgan fingerprint density at radius 1 is 0.970 bits per heavy atom. The first kappa shape index (κ1) is 24.6. The standard InChI is InChI=1S/C25H27ClN2O4S/c1-33(30,31)28(23-14-7-5-12-21(23)20-10-3-2-4-11-20)18-9-16-25(29)27-17-19-32-24-15-8-6-13-22(24)26/h2-8,10-15H,9,16-19H2,1H3,(H,27,29). The normalized spacial score (nSPS) is 11.1. The molecule has 3 aromatic carbocycles. The summed E-state index contributed by atoms with van der Waals surface area (Å²) >= 11 is 6.04. The number of nitrogens with zero attached hydrogens (tertiary/aromatic N) is 1. The molecule has 0 fully saturated rings. The summed E-state index contributed by atoms with van der Waals surface area (Å²) in [6.45, 7) is 0.818. The van der Waals surface area contributed by atoms with Gasteiger partial charge in [0.2, 0.25) is 15.9 Å². The molecule has 1 N–H and O–H groups in total. The van der Waals surface area contributed by atoms with Gasteiger partial charge in [-0.15, -0.1) is 0 Å². The lowest BCUT2D eigenvalue weighted by Crippen LogP contribution is -2.33. The largest absolute Gasteiger partial charge is 0.490 e. The second kappa shape index (κ2) is 11.7. The lowest BCUT2D eigenvalue weighted by molar-refractivity contribution is -0.121. The first-order chi connectivity index (χ1) is 15.9. The van der Waals surface area contributed by atoms with Crippen molar-refractivity contribution in [1.29, 1.82) is 0 Å². The average molecular weight is 487 g/mol. The highest BCUT2D eigenvalue weighted by atomic mass is 35.5. The number of benzene rings is 3. The van der Waals surface area contributed by atoms with Crippen LogP contribution < -0.4 is 14.4 Å². The Morgan fingerprint density at radius 2 is 1.64 bits per heavy atom. The van der Waals surface area contributed by atoms with Gasteiger partial charge in [0, 0.05) is 18.5 Å². The Morgan fingerprint density at radius 3 is 2.36 bits per heavy atom. The maximum Gasteiger partial charge on any atom is 0.232 e. The van der Waals surface area contributed by atoms with E-state index in [9.17, 15) is 13.2 Å². The Balaban J connectivity index is 1.55. The lowest BCUT2D eigenvalue weighted by atomic mass is 10.0. The Bertz CT molecular complexity index is 1170. The van der Waals surface area contributed by atoms with E-state index >= 15 is 0 Å². The smallest absolute Gasteiger partial charge is 0.232 e. The van der Waals surface area contributed by atoms with Crippen molar-refractivity contribution >= 4 is 33.2 Å². The topological polar surface area (TPSA) is 75.7 Å². The zero-order chi connectivity index (χ0) is 23.7. The molecule has 0 bridgehead atoms. The Hall–Kier alpha value is -3.03. The number of nitrogens with one attached hydrogen (secondary N) is 1.